The minimum absolute atomic E-state index is 0.101. The summed E-state index contributed by atoms with van der Waals surface area (Å²) in [6.07, 6.45) is -0.480. The van der Waals surface area contributed by atoms with Gasteiger partial charge in [0, 0.05) is 49.3 Å². The molecule has 2 aliphatic rings. The summed E-state index contributed by atoms with van der Waals surface area (Å²) in [5.74, 6) is 1.48. The zero-order valence-corrected chi connectivity index (χ0v) is 39.4. The summed E-state index contributed by atoms with van der Waals surface area (Å²) in [7, 11) is 0. The van der Waals surface area contributed by atoms with Crippen LogP contribution >= 0.6 is 0 Å². The highest BCUT2D eigenvalue weighted by Crippen LogP contribution is 2.49. The van der Waals surface area contributed by atoms with Gasteiger partial charge in [0.1, 0.15) is 12.0 Å². The van der Waals surface area contributed by atoms with Crippen molar-refractivity contribution in [3.8, 4) is 44.8 Å². The Morgan fingerprint density at radius 1 is 0.408 bits per heavy atom. The van der Waals surface area contributed by atoms with Crippen molar-refractivity contribution < 1.29 is 0 Å². The van der Waals surface area contributed by atoms with Crippen LogP contribution in [-0.2, 0) is 5.41 Å². The third kappa shape index (κ3) is 6.40. The summed E-state index contributed by atoms with van der Waals surface area (Å²) < 4.78 is 4.88. The number of hydrogen-bond acceptors (Lipinski definition) is 3. The second kappa shape index (κ2) is 16.0. The molecule has 1 atom stereocenters. The topological polar surface area (TPSA) is 46.6 Å². The number of rotatable bonds is 7. The van der Waals surface area contributed by atoms with Crippen LogP contribution in [0.5, 0.6) is 0 Å². The molecule has 12 aromatic rings. The molecule has 1 N–H and O–H groups in total. The van der Waals surface area contributed by atoms with Crippen LogP contribution < -0.4 is 5.32 Å². The third-order valence-corrected chi connectivity index (χ3v) is 15.0. The molecule has 1 aliphatic carbocycles. The Balaban J connectivity index is 0.995. The van der Waals surface area contributed by atoms with E-state index in [-0.39, 0.29) is 5.41 Å². The number of nitrogens with zero attached hydrogens (tertiary/aromatic N) is 4. The first kappa shape index (κ1) is 41.0. The van der Waals surface area contributed by atoms with E-state index in [1.54, 1.807) is 0 Å². The number of aromatic nitrogens is 2. The highest BCUT2D eigenvalue weighted by atomic mass is 15.2. The second-order valence-corrected chi connectivity index (χ2v) is 19.3. The molecule has 336 valence electrons. The second-order valence-electron chi connectivity index (χ2n) is 19.3. The number of para-hydroxylation sites is 3. The third-order valence-electron chi connectivity index (χ3n) is 15.0. The van der Waals surface area contributed by atoms with Crippen LogP contribution in [0.25, 0.3) is 88.4 Å². The predicted octanol–water partition coefficient (Wildman–Crippen LogP) is 16.0. The maximum atomic E-state index is 5.52. The van der Waals surface area contributed by atoms with E-state index in [2.05, 4.69) is 259 Å². The van der Waals surface area contributed by atoms with Crippen molar-refractivity contribution in [1.82, 2.24) is 14.5 Å². The molecule has 1 unspecified atom stereocenters. The fourth-order valence-electron chi connectivity index (χ4n) is 11.7. The average molecular weight is 910 g/mol. The highest BCUT2D eigenvalue weighted by molar-refractivity contribution is 6.22. The number of aliphatic imine (C=N–C) groups is 2. The van der Waals surface area contributed by atoms with Crippen molar-refractivity contribution in [2.24, 2.45) is 9.98 Å². The van der Waals surface area contributed by atoms with E-state index < -0.39 is 6.17 Å². The lowest BCUT2D eigenvalue weighted by atomic mass is 9.82. The number of hydrogen-bond donors (Lipinski definition) is 1. The molecule has 71 heavy (non-hydrogen) atoms. The van der Waals surface area contributed by atoms with Gasteiger partial charge in [-0.05, 0) is 93.0 Å². The molecule has 2 aromatic heterocycles. The first-order valence-corrected chi connectivity index (χ1v) is 24.5. The van der Waals surface area contributed by atoms with Crippen LogP contribution in [0.4, 0.5) is 0 Å². The Hall–Kier alpha value is -9.06. The van der Waals surface area contributed by atoms with E-state index in [0.717, 1.165) is 56.1 Å². The van der Waals surface area contributed by atoms with Crippen molar-refractivity contribution in [2.45, 2.75) is 25.4 Å². The van der Waals surface area contributed by atoms with Gasteiger partial charge in [-0.15, -0.1) is 0 Å². The van der Waals surface area contributed by atoms with Crippen LogP contribution in [-0.4, -0.2) is 20.8 Å². The number of fused-ring (bicyclic) bond motifs is 9. The Morgan fingerprint density at radius 2 is 0.944 bits per heavy atom. The van der Waals surface area contributed by atoms with Crippen molar-refractivity contribution in [2.75, 3.05) is 0 Å². The largest absolute Gasteiger partial charge is 0.344 e. The molecular weight excluding hydrogens is 863 g/mol. The van der Waals surface area contributed by atoms with E-state index in [9.17, 15) is 0 Å². The lowest BCUT2D eigenvalue weighted by molar-refractivity contribution is 0.659. The molecule has 5 nitrogen and oxygen atoms in total. The molecule has 0 saturated heterocycles. The Bertz CT molecular complexity index is 4160. The smallest absolute Gasteiger partial charge is 0.159 e. The summed E-state index contributed by atoms with van der Waals surface area (Å²) in [6, 6.07) is 85.6. The summed E-state index contributed by atoms with van der Waals surface area (Å²) in [6.45, 7) is 4.65. The van der Waals surface area contributed by atoms with Gasteiger partial charge in [0.25, 0.3) is 0 Å². The molecule has 3 heterocycles. The zero-order chi connectivity index (χ0) is 47.2. The Kier molecular flexibility index (Phi) is 9.24. The lowest BCUT2D eigenvalue weighted by Crippen LogP contribution is -2.34. The van der Waals surface area contributed by atoms with Gasteiger partial charge in [-0.2, -0.15) is 0 Å². The van der Waals surface area contributed by atoms with E-state index in [1.807, 2.05) is 6.07 Å². The molecule has 14 rings (SSSR count). The summed E-state index contributed by atoms with van der Waals surface area (Å²) in [5.41, 5.74) is 19.6. The molecule has 0 radical (unpaired) electrons. The quantitative estimate of drug-likeness (QED) is 0.170. The van der Waals surface area contributed by atoms with Crippen molar-refractivity contribution in [1.29, 1.82) is 0 Å². The molecule has 0 amide bonds. The van der Waals surface area contributed by atoms with E-state index in [0.29, 0.717) is 5.84 Å². The van der Waals surface area contributed by atoms with Crippen LogP contribution in [0.2, 0.25) is 0 Å². The predicted molar refractivity (Wildman–Crippen MR) is 295 cm³/mol. The minimum atomic E-state index is -0.480. The highest BCUT2D eigenvalue weighted by Gasteiger charge is 2.36. The van der Waals surface area contributed by atoms with Gasteiger partial charge < -0.3 is 14.5 Å². The number of amidine groups is 2. The maximum absolute atomic E-state index is 5.52. The first-order valence-electron chi connectivity index (χ1n) is 24.5. The van der Waals surface area contributed by atoms with Gasteiger partial charge in [-0.1, -0.05) is 202 Å². The molecular formula is C66H47N5. The van der Waals surface area contributed by atoms with E-state index >= 15 is 0 Å². The van der Waals surface area contributed by atoms with Gasteiger partial charge in [-0.25, -0.2) is 9.98 Å². The van der Waals surface area contributed by atoms with Crippen LogP contribution in [0.15, 0.2) is 247 Å². The van der Waals surface area contributed by atoms with E-state index in [4.69, 9.17) is 9.98 Å². The zero-order valence-electron chi connectivity index (χ0n) is 39.4. The first-order chi connectivity index (χ1) is 35.0. The fourth-order valence-corrected chi connectivity index (χ4v) is 11.7. The Morgan fingerprint density at radius 3 is 1.65 bits per heavy atom. The summed E-state index contributed by atoms with van der Waals surface area (Å²) in [5, 5.41) is 8.77. The van der Waals surface area contributed by atoms with Crippen LogP contribution in [0.3, 0.4) is 0 Å². The monoisotopic (exact) mass is 909 g/mol. The Labute approximate surface area is 412 Å². The van der Waals surface area contributed by atoms with Crippen LogP contribution in [0, 0.1) is 0 Å². The molecule has 0 saturated carbocycles. The SMILES string of the molecule is CC1(C)c2ccccc2-c2cc(C3=NC(c4ccccc4)=NC(c4ccc(-c5ccccc5)cc4-n4c5ccccc5c5c(-c6cccc7c6c6ccccc6n7-c6ccccc6)cccc54)N3)ccc21. The van der Waals surface area contributed by atoms with Crippen LogP contribution in [0.1, 0.15) is 47.8 Å². The molecule has 5 heteroatoms. The van der Waals surface area contributed by atoms with Crippen molar-refractivity contribution in [3.05, 3.63) is 264 Å². The van der Waals surface area contributed by atoms with Gasteiger partial charge in [-0.3, -0.25) is 0 Å². The molecule has 0 bridgehead atoms. The van der Waals surface area contributed by atoms with Crippen molar-refractivity contribution in [3.63, 3.8) is 0 Å². The summed E-state index contributed by atoms with van der Waals surface area (Å²) in [4.78, 5) is 10.9. The van der Waals surface area contributed by atoms with Gasteiger partial charge in [0.2, 0.25) is 0 Å². The summed E-state index contributed by atoms with van der Waals surface area (Å²) >= 11 is 0. The molecule has 0 spiro atoms. The van der Waals surface area contributed by atoms with E-state index in [1.165, 1.54) is 66.0 Å². The molecule has 1 aliphatic heterocycles. The fraction of sp³-hybridized carbons (Fsp3) is 0.0606. The lowest BCUT2D eigenvalue weighted by Gasteiger charge is -2.27. The van der Waals surface area contributed by atoms with Gasteiger partial charge in [0.15, 0.2) is 5.84 Å². The molecule has 0 fully saturated rings. The van der Waals surface area contributed by atoms with Gasteiger partial charge in [0.05, 0.1) is 27.8 Å². The van der Waals surface area contributed by atoms with Gasteiger partial charge >= 0.3 is 0 Å². The number of nitrogens with one attached hydrogen (secondary N) is 1. The molecule has 10 aromatic carbocycles. The average Bonchev–Trinajstić information content (AvgIpc) is 4.04. The number of benzene rings is 10. The normalized spacial score (nSPS) is 14.9. The maximum Gasteiger partial charge on any atom is 0.159 e. The minimum Gasteiger partial charge on any atom is -0.344 e. The van der Waals surface area contributed by atoms with Crippen molar-refractivity contribution >= 4 is 55.3 Å². The standard InChI is InChI=1S/C66H47N5/c1-66(2)54-31-15-12-26-47(54)53-40-45(37-39-55(53)66)64-67-63(43-22-8-4-9-23-43)68-65(69-64)52-38-36-44(42-20-6-3-7-21-42)41-60(52)71-57-33-17-14-28-51(57)62-49(30-19-35-59(62)71)48-29-18-34-58-61(48)50-27-13-16-32-56(50)70(58)46-24-10-5-11-25-46/h3-41,65H,1-2H3,(H,67,68,69).